The molecule has 12 aromatic carbocycles. The molecule has 0 unspecified atom stereocenters. The molecule has 0 spiro atoms. The average Bonchev–Trinajstić information content (AvgIpc) is 1.52. The lowest BCUT2D eigenvalue weighted by atomic mass is 9.80. The quantitative estimate of drug-likeness (QED) is 0.142. The summed E-state index contributed by atoms with van der Waals surface area (Å²) < 4.78 is 371. The van der Waals surface area contributed by atoms with Gasteiger partial charge in [0.05, 0.1) is 22.3 Å². The molecular weight excluding hydrogens is 1660 g/mol. The summed E-state index contributed by atoms with van der Waals surface area (Å²) in [7, 11) is 6.98. The molecule has 4 aliphatic carbocycles. The number of fused-ring (bicyclic) bond motifs is 26. The average molecular weight is 1830 g/mol. The molecule has 0 fully saturated rings. The molecule has 8 heteroatoms. The Bertz CT molecular complexity index is 10100. The van der Waals surface area contributed by atoms with Crippen molar-refractivity contribution in [2.45, 2.75) is 211 Å². The van der Waals surface area contributed by atoms with Crippen molar-refractivity contribution < 1.29 is 90.8 Å². The topological polar surface area (TPSA) is 68.1 Å². The highest BCUT2D eigenvalue weighted by Crippen LogP contribution is 2.59. The number of hydrogen-bond donors (Lipinski definition) is 0. The number of furan rings is 4. The molecule has 0 atom stereocenters. The fraction of sp³-hybridized carbons (Fsp3) is 0.281. The van der Waals surface area contributed by atoms with E-state index in [4.69, 9.17) is 72.5 Å². The molecule has 4 aliphatic rings. The number of pyridine rings is 4. The van der Waals surface area contributed by atoms with Crippen LogP contribution in [0, 0.1) is 55.1 Å². The molecule has 0 bridgehead atoms. The molecule has 8 aromatic heterocycles. The number of rotatable bonds is 8. The van der Waals surface area contributed by atoms with Crippen molar-refractivity contribution >= 4 is 87.8 Å². The van der Waals surface area contributed by atoms with Crippen LogP contribution in [-0.2, 0) is 49.9 Å². The van der Waals surface area contributed by atoms with Gasteiger partial charge < -0.3 is 17.7 Å². The lowest BCUT2D eigenvalue weighted by Gasteiger charge is -2.22. The zero-order chi connectivity index (χ0) is 129. The number of benzene rings is 12. The van der Waals surface area contributed by atoms with Crippen LogP contribution in [-0.4, -0.2) is 0 Å². The minimum absolute atomic E-state index is 0.0777. The first kappa shape index (κ1) is 54.3. The minimum Gasteiger partial charge on any atom is -0.455 e. The van der Waals surface area contributed by atoms with Crippen molar-refractivity contribution in [2.24, 2.45) is 28.2 Å². The maximum absolute atomic E-state index is 8.75. The first-order valence-electron chi connectivity index (χ1n) is 65.4. The van der Waals surface area contributed by atoms with Crippen molar-refractivity contribution in [1.82, 2.24) is 0 Å². The van der Waals surface area contributed by atoms with Gasteiger partial charge in [0.2, 0.25) is 22.8 Å². The second kappa shape index (κ2) is 32.1. The van der Waals surface area contributed by atoms with Crippen molar-refractivity contribution in [3.8, 4) is 89.5 Å². The van der Waals surface area contributed by atoms with E-state index in [1.165, 1.54) is 6.20 Å². The highest BCUT2D eigenvalue weighted by molar-refractivity contribution is 6.19. The van der Waals surface area contributed by atoms with Crippen molar-refractivity contribution in [1.29, 1.82) is 0 Å². The zero-order valence-electron chi connectivity index (χ0n) is 119. The summed E-state index contributed by atoms with van der Waals surface area (Å²) in [6, 6.07) is 62.6. The summed E-state index contributed by atoms with van der Waals surface area (Å²) in [4.78, 5) is 0. The summed E-state index contributed by atoms with van der Waals surface area (Å²) >= 11 is 0. The molecule has 0 radical (unpaired) electrons. The minimum atomic E-state index is -2.93. The van der Waals surface area contributed by atoms with E-state index in [2.05, 4.69) is 0 Å². The molecule has 0 aliphatic heterocycles. The smallest absolute Gasteiger partial charge is 0.216 e. The second-order valence-corrected chi connectivity index (χ2v) is 38.0. The van der Waals surface area contributed by atoms with Crippen LogP contribution in [0.3, 0.4) is 0 Å². The molecule has 0 saturated heterocycles. The van der Waals surface area contributed by atoms with Crippen LogP contribution in [0.15, 0.2) is 261 Å². The molecular formula is C128H128N4O4+4. The summed E-state index contributed by atoms with van der Waals surface area (Å²) in [5.41, 5.74) is 11.0. The van der Waals surface area contributed by atoms with E-state index in [-0.39, 0.29) is 66.8 Å². The Labute approximate surface area is 858 Å². The summed E-state index contributed by atoms with van der Waals surface area (Å²) in [5, 5.41) is 4.94. The van der Waals surface area contributed by atoms with Crippen LogP contribution in [0.5, 0.6) is 0 Å². The van der Waals surface area contributed by atoms with Crippen molar-refractivity contribution in [3.63, 3.8) is 0 Å². The molecule has 20 aromatic rings. The van der Waals surface area contributed by atoms with E-state index in [9.17, 15) is 0 Å². The van der Waals surface area contributed by atoms with Gasteiger partial charge in [0.25, 0.3) is 0 Å². The van der Waals surface area contributed by atoms with E-state index in [0.29, 0.717) is 194 Å². The molecule has 8 nitrogen and oxygen atoms in total. The fourth-order valence-electron chi connectivity index (χ4n) is 21.6. The van der Waals surface area contributed by atoms with Gasteiger partial charge in [0, 0.05) is 166 Å². The zero-order valence-corrected chi connectivity index (χ0v) is 78.5. The van der Waals surface area contributed by atoms with E-state index in [1.54, 1.807) is 284 Å². The Kier molecular flexibility index (Phi) is 12.8. The predicted octanol–water partition coefficient (Wildman–Crippen LogP) is 32.5. The van der Waals surface area contributed by atoms with Crippen LogP contribution in [0.25, 0.3) is 177 Å². The number of aryl methyl sites for hydroxylation is 12. The van der Waals surface area contributed by atoms with E-state index < -0.39 is 127 Å². The standard InChI is InChI=1S/4C32H32NO/c1-18(2)23-15-28(33(7)17-20(23)4)30-19(3)12-13-22-25-14-27-24(16-29(25)34-31(22)30)21-10-8-9-11-26(21)32(27,5)6;1-18(2)23-15-28(33(7)17-20(23)4)30-19(3)12-13-22-25-14-24-21-10-8-9-11-26(21)32(5,6)27(24)16-29(25)34-31(22)30;1-18(2)24-16-26(33(7)17-20(24)4)28-19(3)12-13-23-29-27(34-31(23)28)15-14-22-21-10-8-9-11-25(21)32(5,6)30(22)29;1-18(2)23-16-26(33(7)17-20(23)4)28-19(3)12-13-22-30-27(34-31(22)28)15-14-25-29(30)21-10-8-9-11-24(21)32(25,5)6/h4*8-18H,1-7H3/q4*+1/i4*4D3,5D3,6D3,18D. The summed E-state index contributed by atoms with van der Waals surface area (Å²) in [6.45, 7) is -12.1. The largest absolute Gasteiger partial charge is 0.455 e. The maximum atomic E-state index is 8.75. The van der Waals surface area contributed by atoms with Crippen LogP contribution in [0.1, 0.15) is 300 Å². The van der Waals surface area contributed by atoms with E-state index >= 15 is 0 Å². The molecule has 136 heavy (non-hydrogen) atoms. The Hall–Kier alpha value is -13.6. The first-order valence-corrected chi connectivity index (χ1v) is 45.4. The Morgan fingerprint density at radius 2 is 0.566 bits per heavy atom. The van der Waals surface area contributed by atoms with Gasteiger partial charge in [-0.2, -0.15) is 0 Å². The highest BCUT2D eigenvalue weighted by Gasteiger charge is 2.43. The molecule has 680 valence electrons. The van der Waals surface area contributed by atoms with Crippen LogP contribution >= 0.6 is 0 Å². The third-order valence-electron chi connectivity index (χ3n) is 28.3. The highest BCUT2D eigenvalue weighted by atomic mass is 16.3. The second-order valence-electron chi connectivity index (χ2n) is 38.0. The van der Waals surface area contributed by atoms with Gasteiger partial charge in [-0.05, 0) is 249 Å². The van der Waals surface area contributed by atoms with Crippen LogP contribution in [0.2, 0.25) is 0 Å². The van der Waals surface area contributed by atoms with Crippen LogP contribution in [0.4, 0.5) is 0 Å². The van der Waals surface area contributed by atoms with Gasteiger partial charge in [0.1, 0.15) is 72.9 Å². The third kappa shape index (κ3) is 13.5. The lowest BCUT2D eigenvalue weighted by molar-refractivity contribution is -0.660. The molecule has 8 heterocycles. The number of nitrogens with zero attached hydrogens (tertiary/aromatic N) is 4. The molecule has 0 saturated carbocycles. The van der Waals surface area contributed by atoms with Gasteiger partial charge in [0.15, 0.2) is 24.8 Å². The van der Waals surface area contributed by atoms with Gasteiger partial charge in [-0.15, -0.1) is 0 Å². The van der Waals surface area contributed by atoms with Crippen molar-refractivity contribution in [2.75, 3.05) is 0 Å². The van der Waals surface area contributed by atoms with E-state index in [0.717, 1.165) is 27.6 Å². The predicted molar refractivity (Wildman–Crippen MR) is 566 cm³/mol. The monoisotopic (exact) mass is 1830 g/mol. The van der Waals surface area contributed by atoms with E-state index in [1.807, 2.05) is 82.3 Å². The van der Waals surface area contributed by atoms with Crippen LogP contribution < -0.4 is 18.3 Å². The SMILES string of the molecule is [2H]C([2H])([2H])c1c[n+](C)c(-c2c(C)ccc3c2oc2cc4c(cc23)-c2ccccc2C4(C([2H])([2H])[2H])C([2H])([2H])[2H])cc1C([2H])(C)C.[2H]C([2H])([2H])c1c[n+](C)c(-c2c(C)ccc3c2oc2cc4c(cc23)C(C([2H])([2H])[2H])(C([2H])([2H])[2H])c2ccccc2-4)cc1C([2H])(C)C.[2H]C([2H])([2H])c1c[n+](C)c(-c2c(C)ccc3c2oc2ccc4c(c23)-c2ccccc2C4(C([2H])([2H])[2H])C([2H])([2H])[2H])cc1C([2H])(C)C.[2H]C([2H])([2H])c1c[n+](C)c(-c2c(C)ccc3c2oc2ccc4c(c23)C(C([2H])([2H])[2H])(C([2H])([2H])[2H])c2ccccc2-4)cc1C([2H])(C)C. The Morgan fingerprint density at radius 3 is 0.978 bits per heavy atom. The maximum Gasteiger partial charge on any atom is 0.216 e. The first-order chi connectivity index (χ1) is 80.8. The van der Waals surface area contributed by atoms with Crippen molar-refractivity contribution in [3.05, 3.63) is 354 Å². The fourth-order valence-corrected chi connectivity index (χ4v) is 21.6. The van der Waals surface area contributed by atoms with Gasteiger partial charge >= 0.3 is 0 Å². The summed E-state index contributed by atoms with van der Waals surface area (Å²) in [6.07, 6.45) is 6.16. The van der Waals surface area contributed by atoms with Gasteiger partial charge in [-0.25, -0.2) is 18.3 Å². The summed E-state index contributed by atoms with van der Waals surface area (Å²) in [5.74, 6) is -4.84. The molecule has 0 N–H and O–H groups in total. The molecule has 24 rings (SSSR count). The Morgan fingerprint density at radius 1 is 0.250 bits per heavy atom. The van der Waals surface area contributed by atoms with Gasteiger partial charge in [-0.1, -0.05) is 268 Å². The number of aromatic nitrogens is 4. The van der Waals surface area contributed by atoms with Gasteiger partial charge in [-0.3, -0.25) is 0 Å². The third-order valence-corrected chi connectivity index (χ3v) is 28.3. The number of hydrogen-bond acceptors (Lipinski definition) is 4. The lowest BCUT2D eigenvalue weighted by Crippen LogP contribution is -2.32. The molecule has 0 amide bonds. The normalized spacial score (nSPS) is 20.0. The Balaban J connectivity index is 0.000000132.